The van der Waals surface area contributed by atoms with Crippen LogP contribution in [0.15, 0.2) is 47.1 Å². The first-order valence-electron chi connectivity index (χ1n) is 6.48. The van der Waals surface area contributed by atoms with Gasteiger partial charge in [-0.1, -0.05) is 17.7 Å². The molecule has 0 saturated carbocycles. The minimum absolute atomic E-state index is 0.0471. The Labute approximate surface area is 123 Å². The van der Waals surface area contributed by atoms with Crippen molar-refractivity contribution in [3.05, 3.63) is 53.4 Å². The lowest BCUT2D eigenvalue weighted by atomic mass is 10.2. The maximum absolute atomic E-state index is 9.88. The van der Waals surface area contributed by atoms with Gasteiger partial charge in [-0.2, -0.15) is 0 Å². The van der Waals surface area contributed by atoms with E-state index in [1.54, 1.807) is 30.5 Å². The van der Waals surface area contributed by atoms with E-state index in [1.807, 2.05) is 19.1 Å². The predicted octanol–water partition coefficient (Wildman–Crippen LogP) is 3.02. The van der Waals surface area contributed by atoms with Crippen molar-refractivity contribution in [2.75, 3.05) is 13.2 Å². The highest BCUT2D eigenvalue weighted by Gasteiger charge is 2.11. The van der Waals surface area contributed by atoms with E-state index in [-0.39, 0.29) is 12.6 Å². The summed E-state index contributed by atoms with van der Waals surface area (Å²) in [6.07, 6.45) is 1.03. The minimum Gasteiger partial charge on any atom is -0.491 e. The SMILES string of the molecule is C[C@@H](NCC(O)COc1cccc(Cl)c1)c1ccco1. The van der Waals surface area contributed by atoms with E-state index in [0.717, 1.165) is 5.76 Å². The average Bonchev–Trinajstić information content (AvgIpc) is 2.97. The summed E-state index contributed by atoms with van der Waals surface area (Å²) in [7, 11) is 0. The van der Waals surface area contributed by atoms with E-state index in [9.17, 15) is 5.11 Å². The molecule has 0 aliphatic heterocycles. The van der Waals surface area contributed by atoms with Crippen molar-refractivity contribution in [1.82, 2.24) is 5.32 Å². The van der Waals surface area contributed by atoms with Gasteiger partial charge in [-0.25, -0.2) is 0 Å². The van der Waals surface area contributed by atoms with Crippen LogP contribution in [0.5, 0.6) is 5.75 Å². The molecule has 2 atom stereocenters. The monoisotopic (exact) mass is 295 g/mol. The van der Waals surface area contributed by atoms with Crippen molar-refractivity contribution in [1.29, 1.82) is 0 Å². The molecular weight excluding hydrogens is 278 g/mol. The Kier molecular flexibility index (Phi) is 5.47. The number of nitrogens with one attached hydrogen (secondary N) is 1. The van der Waals surface area contributed by atoms with Gasteiger partial charge in [-0.05, 0) is 37.3 Å². The van der Waals surface area contributed by atoms with Crippen LogP contribution in [0.2, 0.25) is 5.02 Å². The molecule has 0 fully saturated rings. The molecule has 0 saturated heterocycles. The number of aliphatic hydroxyl groups excluding tert-OH is 1. The van der Waals surface area contributed by atoms with Gasteiger partial charge in [0.15, 0.2) is 0 Å². The van der Waals surface area contributed by atoms with E-state index in [4.69, 9.17) is 20.8 Å². The Bertz CT molecular complexity index is 516. The number of hydrogen-bond donors (Lipinski definition) is 2. The molecule has 0 aliphatic rings. The third kappa shape index (κ3) is 4.56. The number of halogens is 1. The lowest BCUT2D eigenvalue weighted by Gasteiger charge is -2.16. The van der Waals surface area contributed by atoms with Gasteiger partial charge in [0.1, 0.15) is 24.2 Å². The van der Waals surface area contributed by atoms with Crippen LogP contribution in [0.25, 0.3) is 0 Å². The second kappa shape index (κ2) is 7.33. The fourth-order valence-corrected chi connectivity index (χ4v) is 1.94. The maximum atomic E-state index is 9.88. The van der Waals surface area contributed by atoms with Crippen LogP contribution in [-0.4, -0.2) is 24.4 Å². The highest BCUT2D eigenvalue weighted by atomic mass is 35.5. The number of aliphatic hydroxyl groups is 1. The zero-order valence-corrected chi connectivity index (χ0v) is 12.0. The lowest BCUT2D eigenvalue weighted by Crippen LogP contribution is -2.32. The molecule has 0 bridgehead atoms. The van der Waals surface area contributed by atoms with Crippen molar-refractivity contribution >= 4 is 11.6 Å². The number of furan rings is 1. The van der Waals surface area contributed by atoms with Crippen molar-refractivity contribution in [3.63, 3.8) is 0 Å². The summed E-state index contributed by atoms with van der Waals surface area (Å²) in [6.45, 7) is 2.60. The van der Waals surface area contributed by atoms with E-state index in [0.29, 0.717) is 17.3 Å². The number of rotatable bonds is 7. The van der Waals surface area contributed by atoms with Gasteiger partial charge in [0.05, 0.1) is 12.3 Å². The summed E-state index contributed by atoms with van der Waals surface area (Å²) in [4.78, 5) is 0. The quantitative estimate of drug-likeness (QED) is 0.824. The second-order valence-corrected chi connectivity index (χ2v) is 5.00. The molecule has 0 spiro atoms. The molecule has 1 aromatic heterocycles. The molecule has 20 heavy (non-hydrogen) atoms. The topological polar surface area (TPSA) is 54.6 Å². The molecule has 0 aliphatic carbocycles. The molecule has 108 valence electrons. The summed E-state index contributed by atoms with van der Waals surface area (Å²) in [5, 5.41) is 13.7. The Hall–Kier alpha value is -1.49. The van der Waals surface area contributed by atoms with Gasteiger partial charge in [0.2, 0.25) is 0 Å². The molecule has 0 amide bonds. The third-order valence-corrected chi connectivity index (χ3v) is 3.10. The van der Waals surface area contributed by atoms with E-state index in [1.165, 1.54) is 0 Å². The van der Waals surface area contributed by atoms with Crippen molar-refractivity contribution in [2.24, 2.45) is 0 Å². The third-order valence-electron chi connectivity index (χ3n) is 2.87. The zero-order chi connectivity index (χ0) is 14.4. The predicted molar refractivity (Wildman–Crippen MR) is 78.1 cm³/mol. The van der Waals surface area contributed by atoms with Crippen molar-refractivity contribution in [2.45, 2.75) is 19.1 Å². The summed E-state index contributed by atoms with van der Waals surface area (Å²) >= 11 is 5.85. The molecule has 2 N–H and O–H groups in total. The van der Waals surface area contributed by atoms with E-state index in [2.05, 4.69) is 5.32 Å². The molecule has 1 aromatic carbocycles. The molecule has 1 unspecified atom stereocenters. The smallest absolute Gasteiger partial charge is 0.120 e. The Morgan fingerprint density at radius 2 is 2.20 bits per heavy atom. The second-order valence-electron chi connectivity index (χ2n) is 4.57. The standard InChI is InChI=1S/C15H18ClNO3/c1-11(15-6-3-7-19-15)17-9-13(18)10-20-14-5-2-4-12(16)8-14/h2-8,11,13,17-18H,9-10H2,1H3/t11-,13?/m1/s1. The summed E-state index contributed by atoms with van der Waals surface area (Å²) < 4.78 is 10.8. The Balaban J connectivity index is 1.71. The van der Waals surface area contributed by atoms with E-state index >= 15 is 0 Å². The van der Waals surface area contributed by atoms with Crippen LogP contribution in [0, 0.1) is 0 Å². The minimum atomic E-state index is -0.605. The highest BCUT2D eigenvalue weighted by molar-refractivity contribution is 6.30. The number of benzene rings is 1. The Morgan fingerprint density at radius 3 is 2.90 bits per heavy atom. The van der Waals surface area contributed by atoms with Gasteiger partial charge in [0.25, 0.3) is 0 Å². The maximum Gasteiger partial charge on any atom is 0.120 e. The summed E-state index contributed by atoms with van der Waals surface area (Å²) in [5.74, 6) is 1.49. The first-order chi connectivity index (χ1) is 9.65. The van der Waals surface area contributed by atoms with Crippen LogP contribution in [-0.2, 0) is 0 Å². The number of hydrogen-bond acceptors (Lipinski definition) is 4. The largest absolute Gasteiger partial charge is 0.491 e. The Morgan fingerprint density at radius 1 is 1.35 bits per heavy atom. The molecular formula is C15H18ClNO3. The van der Waals surface area contributed by atoms with Crippen LogP contribution >= 0.6 is 11.6 Å². The lowest BCUT2D eigenvalue weighted by molar-refractivity contribution is 0.103. The van der Waals surface area contributed by atoms with Gasteiger partial charge < -0.3 is 19.6 Å². The van der Waals surface area contributed by atoms with Crippen molar-refractivity contribution in [3.8, 4) is 5.75 Å². The van der Waals surface area contributed by atoms with Crippen LogP contribution in [0.1, 0.15) is 18.7 Å². The molecule has 5 heteroatoms. The van der Waals surface area contributed by atoms with Crippen LogP contribution in [0.3, 0.4) is 0 Å². The fraction of sp³-hybridized carbons (Fsp3) is 0.333. The molecule has 2 aromatic rings. The van der Waals surface area contributed by atoms with Gasteiger partial charge >= 0.3 is 0 Å². The average molecular weight is 296 g/mol. The number of ether oxygens (including phenoxy) is 1. The molecule has 0 radical (unpaired) electrons. The first kappa shape index (κ1) is 14.9. The fourth-order valence-electron chi connectivity index (χ4n) is 1.76. The van der Waals surface area contributed by atoms with Gasteiger partial charge in [-0.3, -0.25) is 0 Å². The van der Waals surface area contributed by atoms with Gasteiger partial charge in [0, 0.05) is 11.6 Å². The first-order valence-corrected chi connectivity index (χ1v) is 6.86. The van der Waals surface area contributed by atoms with E-state index < -0.39 is 6.10 Å². The molecule has 2 rings (SSSR count). The summed E-state index contributed by atoms with van der Waals surface area (Å²) in [6, 6.07) is 10.9. The normalized spacial score (nSPS) is 13.9. The molecule has 1 heterocycles. The summed E-state index contributed by atoms with van der Waals surface area (Å²) in [5.41, 5.74) is 0. The highest BCUT2D eigenvalue weighted by Crippen LogP contribution is 2.17. The zero-order valence-electron chi connectivity index (χ0n) is 11.3. The molecule has 4 nitrogen and oxygen atoms in total. The van der Waals surface area contributed by atoms with Gasteiger partial charge in [-0.15, -0.1) is 0 Å². The van der Waals surface area contributed by atoms with Crippen LogP contribution < -0.4 is 10.1 Å². The van der Waals surface area contributed by atoms with Crippen molar-refractivity contribution < 1.29 is 14.3 Å². The van der Waals surface area contributed by atoms with Crippen LogP contribution in [0.4, 0.5) is 0 Å².